The van der Waals surface area contributed by atoms with Crippen LogP contribution in [0.2, 0.25) is 0 Å². The first-order chi connectivity index (χ1) is 13.6. The van der Waals surface area contributed by atoms with Gasteiger partial charge in [0.15, 0.2) is 5.96 Å². The van der Waals surface area contributed by atoms with Crippen molar-refractivity contribution >= 4 is 29.9 Å². The minimum atomic E-state index is 0. The number of ether oxygens (including phenoxy) is 2. The Balaban J connectivity index is 0.00000300. The normalized spacial score (nSPS) is 15.0. The summed E-state index contributed by atoms with van der Waals surface area (Å²) in [4.78, 5) is 13.4. The number of rotatable bonds is 6. The Morgan fingerprint density at radius 2 is 1.93 bits per heavy atom. The van der Waals surface area contributed by atoms with E-state index in [1.54, 1.807) is 25.2 Å². The smallest absolute Gasteiger partial charge is 0.194 e. The zero-order valence-corrected chi connectivity index (χ0v) is 19.8. The predicted molar refractivity (Wildman–Crippen MR) is 123 cm³/mol. The van der Waals surface area contributed by atoms with Gasteiger partial charge < -0.3 is 19.7 Å². The number of benzene rings is 1. The van der Waals surface area contributed by atoms with Crippen molar-refractivity contribution in [3.63, 3.8) is 0 Å². The molecule has 1 aliphatic rings. The molecule has 0 atom stereocenters. The summed E-state index contributed by atoms with van der Waals surface area (Å²) in [5, 5.41) is 7.47. The van der Waals surface area contributed by atoms with E-state index >= 15 is 0 Å². The molecule has 0 saturated carbocycles. The van der Waals surface area contributed by atoms with Crippen LogP contribution in [0.4, 0.5) is 0 Å². The second kappa shape index (κ2) is 11.2. The molecule has 1 aliphatic heterocycles. The number of guanidine groups is 1. The van der Waals surface area contributed by atoms with Gasteiger partial charge in [0, 0.05) is 52.4 Å². The molecule has 160 valence electrons. The zero-order chi connectivity index (χ0) is 19.9. The van der Waals surface area contributed by atoms with Crippen molar-refractivity contribution in [2.24, 2.45) is 12.0 Å². The molecular weight excluding hydrogens is 485 g/mol. The molecule has 1 aromatic heterocycles. The first kappa shape index (κ1) is 23.2. The molecule has 0 amide bonds. The van der Waals surface area contributed by atoms with Crippen LogP contribution in [0.15, 0.2) is 29.5 Å². The van der Waals surface area contributed by atoms with Gasteiger partial charge in [-0.05, 0) is 18.2 Å². The molecule has 3 rings (SSSR count). The minimum Gasteiger partial charge on any atom is -0.497 e. The molecule has 29 heavy (non-hydrogen) atoms. The molecule has 0 unspecified atom stereocenters. The summed E-state index contributed by atoms with van der Waals surface area (Å²) >= 11 is 0. The number of piperazine rings is 1. The van der Waals surface area contributed by atoms with E-state index in [4.69, 9.17) is 9.47 Å². The second-order valence-electron chi connectivity index (χ2n) is 6.64. The number of aryl methyl sites for hydroxylation is 1. The minimum absolute atomic E-state index is 0. The number of nitrogens with one attached hydrogen (secondary N) is 1. The Bertz CT molecular complexity index is 804. The first-order valence-corrected chi connectivity index (χ1v) is 9.36. The van der Waals surface area contributed by atoms with Crippen LogP contribution in [0.25, 0.3) is 0 Å². The fourth-order valence-corrected chi connectivity index (χ4v) is 3.33. The molecule has 2 aromatic rings. The van der Waals surface area contributed by atoms with Crippen LogP contribution in [0, 0.1) is 0 Å². The highest BCUT2D eigenvalue weighted by atomic mass is 127. The number of aliphatic imine (C=N–C) groups is 1. The average molecular weight is 515 g/mol. The van der Waals surface area contributed by atoms with E-state index < -0.39 is 0 Å². The highest BCUT2D eigenvalue weighted by Crippen LogP contribution is 2.25. The van der Waals surface area contributed by atoms with Crippen molar-refractivity contribution in [2.75, 3.05) is 47.4 Å². The second-order valence-corrected chi connectivity index (χ2v) is 6.64. The van der Waals surface area contributed by atoms with Gasteiger partial charge in [0.05, 0.1) is 20.8 Å². The maximum absolute atomic E-state index is 5.51. The Kier molecular flexibility index (Phi) is 8.96. The maximum Gasteiger partial charge on any atom is 0.194 e. The summed E-state index contributed by atoms with van der Waals surface area (Å²) in [7, 11) is 7.09. The van der Waals surface area contributed by atoms with Gasteiger partial charge in [0.25, 0.3) is 0 Å². The largest absolute Gasteiger partial charge is 0.497 e. The lowest BCUT2D eigenvalue weighted by Gasteiger charge is -2.36. The standard InChI is InChI=1S/C19H29N7O2.HI/c1-20-19(21-12-18-22-14-23-24(18)2)26-9-7-25(8-10-26)13-15-11-16(27-3)5-6-17(15)28-4;/h5-6,11,14H,7-10,12-13H2,1-4H3,(H,20,21);1H. The van der Waals surface area contributed by atoms with E-state index in [9.17, 15) is 0 Å². The molecule has 0 bridgehead atoms. The summed E-state index contributed by atoms with van der Waals surface area (Å²) in [6, 6.07) is 5.93. The van der Waals surface area contributed by atoms with Crippen LogP contribution in [0.3, 0.4) is 0 Å². The van der Waals surface area contributed by atoms with Gasteiger partial charge >= 0.3 is 0 Å². The molecule has 1 fully saturated rings. The lowest BCUT2D eigenvalue weighted by atomic mass is 10.1. The number of methoxy groups -OCH3 is 2. The van der Waals surface area contributed by atoms with Gasteiger partial charge in [-0.15, -0.1) is 24.0 Å². The third-order valence-corrected chi connectivity index (χ3v) is 4.97. The van der Waals surface area contributed by atoms with Crippen LogP contribution in [-0.2, 0) is 20.1 Å². The number of hydrogen-bond acceptors (Lipinski definition) is 6. The van der Waals surface area contributed by atoms with E-state index in [1.807, 2.05) is 32.3 Å². The Morgan fingerprint density at radius 1 is 1.17 bits per heavy atom. The number of aromatic nitrogens is 3. The summed E-state index contributed by atoms with van der Waals surface area (Å²) in [5.74, 6) is 3.51. The van der Waals surface area contributed by atoms with Crippen molar-refractivity contribution in [1.29, 1.82) is 0 Å². The number of halogens is 1. The molecule has 1 N–H and O–H groups in total. The number of hydrogen-bond donors (Lipinski definition) is 1. The molecule has 0 radical (unpaired) electrons. The third kappa shape index (κ3) is 5.95. The monoisotopic (exact) mass is 515 g/mol. The van der Waals surface area contributed by atoms with Gasteiger partial charge in [0.1, 0.15) is 23.7 Å². The Hall–Kier alpha value is -2.08. The van der Waals surface area contributed by atoms with E-state index in [1.165, 1.54) is 0 Å². The molecule has 0 aliphatic carbocycles. The highest BCUT2D eigenvalue weighted by Gasteiger charge is 2.21. The van der Waals surface area contributed by atoms with E-state index in [-0.39, 0.29) is 24.0 Å². The molecule has 2 heterocycles. The molecule has 0 spiro atoms. The van der Waals surface area contributed by atoms with E-state index in [2.05, 4.69) is 30.2 Å². The maximum atomic E-state index is 5.51. The molecule has 10 heteroatoms. The lowest BCUT2D eigenvalue weighted by Crippen LogP contribution is -2.52. The van der Waals surface area contributed by atoms with Crippen LogP contribution in [0.5, 0.6) is 11.5 Å². The lowest BCUT2D eigenvalue weighted by molar-refractivity contribution is 0.171. The molecule has 9 nitrogen and oxygen atoms in total. The Labute approximate surface area is 189 Å². The van der Waals surface area contributed by atoms with E-state index in [0.29, 0.717) is 6.54 Å². The fourth-order valence-electron chi connectivity index (χ4n) is 3.33. The van der Waals surface area contributed by atoms with Crippen LogP contribution in [0.1, 0.15) is 11.4 Å². The average Bonchev–Trinajstić information content (AvgIpc) is 3.14. The van der Waals surface area contributed by atoms with Gasteiger partial charge in [-0.2, -0.15) is 5.10 Å². The van der Waals surface area contributed by atoms with Crippen molar-refractivity contribution in [2.45, 2.75) is 13.1 Å². The van der Waals surface area contributed by atoms with Gasteiger partial charge in [-0.25, -0.2) is 4.98 Å². The van der Waals surface area contributed by atoms with Crippen molar-refractivity contribution < 1.29 is 9.47 Å². The zero-order valence-electron chi connectivity index (χ0n) is 17.5. The molecular formula is C19H30IN7O2. The van der Waals surface area contributed by atoms with Crippen LogP contribution < -0.4 is 14.8 Å². The van der Waals surface area contributed by atoms with Crippen molar-refractivity contribution in [3.05, 3.63) is 35.9 Å². The number of nitrogens with zero attached hydrogens (tertiary/aromatic N) is 6. The van der Waals surface area contributed by atoms with Crippen molar-refractivity contribution in [3.8, 4) is 11.5 Å². The SMILES string of the molecule is CN=C(NCc1ncnn1C)N1CCN(Cc2cc(OC)ccc2OC)CC1.I. The van der Waals surface area contributed by atoms with E-state index in [0.717, 1.165) is 61.6 Å². The van der Waals surface area contributed by atoms with Crippen LogP contribution >= 0.6 is 24.0 Å². The Morgan fingerprint density at radius 3 is 2.52 bits per heavy atom. The van der Waals surface area contributed by atoms with Crippen LogP contribution in [-0.4, -0.2) is 78.0 Å². The summed E-state index contributed by atoms with van der Waals surface area (Å²) in [5.41, 5.74) is 1.14. The fraction of sp³-hybridized carbons (Fsp3) is 0.526. The molecule has 1 saturated heterocycles. The van der Waals surface area contributed by atoms with Gasteiger partial charge in [-0.1, -0.05) is 0 Å². The van der Waals surface area contributed by atoms with Gasteiger partial charge in [-0.3, -0.25) is 14.6 Å². The predicted octanol–water partition coefficient (Wildman–Crippen LogP) is 1.34. The summed E-state index contributed by atoms with van der Waals surface area (Å²) < 4.78 is 12.6. The topological polar surface area (TPSA) is 80.0 Å². The highest BCUT2D eigenvalue weighted by molar-refractivity contribution is 14.0. The summed E-state index contributed by atoms with van der Waals surface area (Å²) in [6.45, 7) is 5.15. The molecule has 1 aromatic carbocycles. The quantitative estimate of drug-likeness (QED) is 0.354. The van der Waals surface area contributed by atoms with Crippen molar-refractivity contribution in [1.82, 2.24) is 29.9 Å². The van der Waals surface area contributed by atoms with Gasteiger partial charge in [0.2, 0.25) is 0 Å². The third-order valence-electron chi connectivity index (χ3n) is 4.97. The first-order valence-electron chi connectivity index (χ1n) is 9.36. The summed E-state index contributed by atoms with van der Waals surface area (Å²) in [6.07, 6.45) is 1.56.